The fourth-order valence-electron chi connectivity index (χ4n) is 3.10. The summed E-state index contributed by atoms with van der Waals surface area (Å²) in [7, 11) is 0. The van der Waals surface area contributed by atoms with Crippen molar-refractivity contribution in [2.45, 2.75) is 38.3 Å². The van der Waals surface area contributed by atoms with Gasteiger partial charge < -0.3 is 5.11 Å². The number of hydrogen-bond donors (Lipinski definition) is 1. The Morgan fingerprint density at radius 1 is 1.41 bits per heavy atom. The highest BCUT2D eigenvalue weighted by atomic mass is 32.1. The zero-order valence-corrected chi connectivity index (χ0v) is 13.4. The molecule has 4 nitrogen and oxygen atoms in total. The molecule has 2 aromatic heterocycles. The highest BCUT2D eigenvalue weighted by Crippen LogP contribution is 2.35. The Balaban J connectivity index is 2.01. The fourth-order valence-corrected chi connectivity index (χ4v) is 3.95. The molecule has 1 saturated heterocycles. The number of carboxylic acids is 1. The third-order valence-corrected chi connectivity index (χ3v) is 5.11. The molecule has 0 saturated carbocycles. The van der Waals surface area contributed by atoms with Crippen LogP contribution >= 0.6 is 11.3 Å². The fraction of sp³-hybridized carbons (Fsp3) is 0.412. The van der Waals surface area contributed by atoms with Gasteiger partial charge in [0, 0.05) is 17.6 Å². The van der Waals surface area contributed by atoms with Crippen molar-refractivity contribution < 1.29 is 9.90 Å². The van der Waals surface area contributed by atoms with Crippen molar-refractivity contribution in [2.24, 2.45) is 0 Å². The average molecular weight is 316 g/mol. The number of carboxylic acid groups (broad SMARTS) is 1. The quantitative estimate of drug-likeness (QED) is 0.938. The minimum atomic E-state index is -0.728. The van der Waals surface area contributed by atoms with Crippen molar-refractivity contribution >= 4 is 17.3 Å². The summed E-state index contributed by atoms with van der Waals surface area (Å²) >= 11 is 1.66. The highest BCUT2D eigenvalue weighted by molar-refractivity contribution is 7.10. The average Bonchev–Trinajstić information content (AvgIpc) is 3.04. The smallest absolute Gasteiger partial charge is 0.320 e. The van der Waals surface area contributed by atoms with Crippen LogP contribution in [0.3, 0.4) is 0 Å². The van der Waals surface area contributed by atoms with E-state index in [0.29, 0.717) is 6.42 Å². The van der Waals surface area contributed by atoms with Gasteiger partial charge in [0.15, 0.2) is 0 Å². The molecule has 0 spiro atoms. The van der Waals surface area contributed by atoms with Gasteiger partial charge in [0.1, 0.15) is 6.04 Å². The van der Waals surface area contributed by atoms with Gasteiger partial charge in [-0.1, -0.05) is 18.6 Å². The summed E-state index contributed by atoms with van der Waals surface area (Å²) in [4.78, 5) is 19.5. The van der Waals surface area contributed by atoms with Gasteiger partial charge in [0.05, 0.1) is 11.7 Å². The normalized spacial score (nSPS) is 20.7. The van der Waals surface area contributed by atoms with Gasteiger partial charge >= 0.3 is 5.97 Å². The number of pyridine rings is 1. The van der Waals surface area contributed by atoms with E-state index in [2.05, 4.69) is 16.0 Å². The van der Waals surface area contributed by atoms with Gasteiger partial charge in [-0.25, -0.2) is 0 Å². The lowest BCUT2D eigenvalue weighted by atomic mass is 9.97. The molecule has 1 aliphatic rings. The van der Waals surface area contributed by atoms with E-state index in [0.717, 1.165) is 35.5 Å². The minimum absolute atomic E-state index is 0.0676. The largest absolute Gasteiger partial charge is 0.480 e. The molecule has 2 unspecified atom stereocenters. The van der Waals surface area contributed by atoms with E-state index in [-0.39, 0.29) is 6.04 Å². The lowest BCUT2D eigenvalue weighted by molar-refractivity contribution is -0.145. The molecule has 0 aliphatic carbocycles. The molecule has 22 heavy (non-hydrogen) atoms. The second kappa shape index (κ2) is 6.58. The lowest BCUT2D eigenvalue weighted by Crippen LogP contribution is -2.46. The van der Waals surface area contributed by atoms with Crippen molar-refractivity contribution in [3.05, 3.63) is 52.0 Å². The van der Waals surface area contributed by atoms with Crippen LogP contribution < -0.4 is 0 Å². The van der Waals surface area contributed by atoms with Gasteiger partial charge in [0.2, 0.25) is 0 Å². The Hall–Kier alpha value is -1.72. The van der Waals surface area contributed by atoms with Crippen LogP contribution in [0, 0.1) is 6.92 Å². The van der Waals surface area contributed by atoms with E-state index < -0.39 is 12.0 Å². The molecule has 0 radical (unpaired) electrons. The van der Waals surface area contributed by atoms with Crippen LogP contribution in [-0.4, -0.2) is 33.5 Å². The zero-order valence-electron chi connectivity index (χ0n) is 12.6. The van der Waals surface area contributed by atoms with Crippen molar-refractivity contribution in [2.75, 3.05) is 6.54 Å². The van der Waals surface area contributed by atoms with E-state index in [4.69, 9.17) is 0 Å². The number of likely N-dealkylation sites (tertiary alicyclic amines) is 1. The first-order valence-electron chi connectivity index (χ1n) is 7.61. The van der Waals surface area contributed by atoms with Crippen molar-refractivity contribution in [3.63, 3.8) is 0 Å². The molecule has 3 rings (SSSR count). The standard InChI is InChI=1S/C17H20N2O2S/c1-12-7-8-13(18-11-12)16(15-6-4-10-22-15)19-9-3-2-5-14(19)17(20)21/h4,6-8,10-11,14,16H,2-3,5,9H2,1H3,(H,20,21). The molecule has 3 heterocycles. The van der Waals surface area contributed by atoms with Crippen LogP contribution in [0.4, 0.5) is 0 Å². The maximum absolute atomic E-state index is 11.7. The molecule has 0 amide bonds. The van der Waals surface area contributed by atoms with E-state index >= 15 is 0 Å². The number of aliphatic carboxylic acids is 1. The number of aryl methyl sites for hydroxylation is 1. The van der Waals surface area contributed by atoms with Crippen LogP contribution in [0.5, 0.6) is 0 Å². The number of carbonyl (C=O) groups is 1. The SMILES string of the molecule is Cc1ccc(C(c2cccs2)N2CCCCC2C(=O)O)nc1. The van der Waals surface area contributed by atoms with Gasteiger partial charge in [-0.3, -0.25) is 14.7 Å². The molecule has 1 aliphatic heterocycles. The molecule has 2 aromatic rings. The Bertz CT molecular complexity index is 625. The van der Waals surface area contributed by atoms with Crippen LogP contribution in [-0.2, 0) is 4.79 Å². The monoisotopic (exact) mass is 316 g/mol. The number of piperidine rings is 1. The van der Waals surface area contributed by atoms with Crippen LogP contribution in [0.15, 0.2) is 35.8 Å². The first kappa shape index (κ1) is 15.2. The molecule has 5 heteroatoms. The summed E-state index contributed by atoms with van der Waals surface area (Å²) in [5, 5.41) is 11.6. The molecule has 116 valence electrons. The molecule has 1 fully saturated rings. The van der Waals surface area contributed by atoms with Crippen LogP contribution in [0.2, 0.25) is 0 Å². The lowest BCUT2D eigenvalue weighted by Gasteiger charge is -2.38. The number of nitrogens with zero attached hydrogens (tertiary/aromatic N) is 2. The minimum Gasteiger partial charge on any atom is -0.480 e. The van der Waals surface area contributed by atoms with Gasteiger partial charge in [-0.15, -0.1) is 11.3 Å². The third kappa shape index (κ3) is 3.05. The topological polar surface area (TPSA) is 53.4 Å². The van der Waals surface area contributed by atoms with Crippen LogP contribution in [0.25, 0.3) is 0 Å². The highest BCUT2D eigenvalue weighted by Gasteiger charge is 2.36. The summed E-state index contributed by atoms with van der Waals surface area (Å²) in [5.41, 5.74) is 2.04. The summed E-state index contributed by atoms with van der Waals surface area (Å²) in [6.07, 6.45) is 4.59. The first-order chi connectivity index (χ1) is 10.7. The first-order valence-corrected chi connectivity index (χ1v) is 8.49. The van der Waals surface area contributed by atoms with E-state index in [1.807, 2.05) is 36.7 Å². The van der Waals surface area contributed by atoms with Gasteiger partial charge in [-0.2, -0.15) is 0 Å². The zero-order chi connectivity index (χ0) is 15.5. The number of rotatable bonds is 4. The van der Waals surface area contributed by atoms with E-state index in [1.165, 1.54) is 0 Å². The van der Waals surface area contributed by atoms with Crippen LogP contribution in [0.1, 0.15) is 41.4 Å². The number of aromatic nitrogens is 1. The Kier molecular flexibility index (Phi) is 4.55. The summed E-state index contributed by atoms with van der Waals surface area (Å²) < 4.78 is 0. The number of hydrogen-bond acceptors (Lipinski definition) is 4. The van der Waals surface area contributed by atoms with Crippen molar-refractivity contribution in [1.29, 1.82) is 0 Å². The molecule has 2 atom stereocenters. The second-order valence-corrected chi connectivity index (χ2v) is 6.75. The molecular weight excluding hydrogens is 296 g/mol. The Morgan fingerprint density at radius 3 is 2.91 bits per heavy atom. The summed E-state index contributed by atoms with van der Waals surface area (Å²) in [5.74, 6) is -0.728. The molecule has 1 N–H and O–H groups in total. The number of thiophene rings is 1. The maximum Gasteiger partial charge on any atom is 0.320 e. The predicted octanol–water partition coefficient (Wildman–Crippen LogP) is 3.48. The van der Waals surface area contributed by atoms with Crippen molar-refractivity contribution in [3.8, 4) is 0 Å². The predicted molar refractivity (Wildman–Crippen MR) is 87.1 cm³/mol. The Morgan fingerprint density at radius 2 is 2.27 bits per heavy atom. The van der Waals surface area contributed by atoms with Gasteiger partial charge in [0.25, 0.3) is 0 Å². The summed E-state index contributed by atoms with van der Waals surface area (Å²) in [6.45, 7) is 2.81. The van der Waals surface area contributed by atoms with E-state index in [1.54, 1.807) is 11.3 Å². The molecular formula is C17H20N2O2S. The Labute approximate surface area is 134 Å². The third-order valence-electron chi connectivity index (χ3n) is 4.19. The second-order valence-electron chi connectivity index (χ2n) is 5.77. The maximum atomic E-state index is 11.7. The van der Waals surface area contributed by atoms with Gasteiger partial charge in [-0.05, 0) is 42.8 Å². The van der Waals surface area contributed by atoms with E-state index in [9.17, 15) is 9.90 Å². The summed E-state index contributed by atoms with van der Waals surface area (Å²) in [6, 6.07) is 7.66. The molecule has 0 bridgehead atoms. The van der Waals surface area contributed by atoms with Crippen molar-refractivity contribution in [1.82, 2.24) is 9.88 Å². The molecule has 0 aromatic carbocycles.